The van der Waals surface area contributed by atoms with Crippen LogP contribution in [0.5, 0.6) is 0 Å². The van der Waals surface area contributed by atoms with E-state index < -0.39 is 17.7 Å². The predicted octanol–water partition coefficient (Wildman–Crippen LogP) is 1.93. The number of ether oxygens (including phenoxy) is 2. The van der Waals surface area contributed by atoms with Gasteiger partial charge >= 0.3 is 12.1 Å². The van der Waals surface area contributed by atoms with Gasteiger partial charge in [0.1, 0.15) is 18.2 Å². The molecule has 21 heavy (non-hydrogen) atoms. The Morgan fingerprint density at radius 1 is 1.24 bits per heavy atom. The van der Waals surface area contributed by atoms with Crippen molar-refractivity contribution in [2.24, 2.45) is 0 Å². The van der Waals surface area contributed by atoms with Gasteiger partial charge in [-0.05, 0) is 46.6 Å². The number of rotatable bonds is 5. The van der Waals surface area contributed by atoms with Crippen molar-refractivity contribution in [3.05, 3.63) is 0 Å². The number of esters is 1. The standard InChI is InChI=1S/C15H28N2O4/c1-5-8-17-9-6-12(7-10-17)20-13(18)11-16-14(19)21-15(2,3)4/h12H,5-11H2,1-4H3,(H,16,19). The largest absolute Gasteiger partial charge is 0.461 e. The van der Waals surface area contributed by atoms with Crippen LogP contribution in [0.4, 0.5) is 4.79 Å². The molecule has 0 atom stereocenters. The Balaban J connectivity index is 2.18. The van der Waals surface area contributed by atoms with E-state index in [0.29, 0.717) is 0 Å². The topological polar surface area (TPSA) is 67.9 Å². The van der Waals surface area contributed by atoms with Crippen LogP contribution >= 0.6 is 0 Å². The zero-order chi connectivity index (χ0) is 15.9. The summed E-state index contributed by atoms with van der Waals surface area (Å²) in [5.41, 5.74) is -0.569. The number of nitrogens with zero attached hydrogens (tertiary/aromatic N) is 1. The molecule has 0 aliphatic carbocycles. The monoisotopic (exact) mass is 300 g/mol. The van der Waals surface area contributed by atoms with Crippen LogP contribution in [-0.4, -0.2) is 54.8 Å². The summed E-state index contributed by atoms with van der Waals surface area (Å²) in [6, 6.07) is 0. The lowest BCUT2D eigenvalue weighted by Crippen LogP contribution is -2.40. The van der Waals surface area contributed by atoms with Crippen LogP contribution in [0.3, 0.4) is 0 Å². The fraction of sp³-hybridized carbons (Fsp3) is 0.867. The molecule has 6 heteroatoms. The number of nitrogens with one attached hydrogen (secondary N) is 1. The molecule has 1 aliphatic heterocycles. The lowest BCUT2D eigenvalue weighted by atomic mass is 10.1. The number of amides is 1. The summed E-state index contributed by atoms with van der Waals surface area (Å²) in [6.07, 6.45) is 2.23. The first kappa shape index (κ1) is 17.8. The first-order chi connectivity index (χ1) is 9.80. The van der Waals surface area contributed by atoms with Crippen LogP contribution in [-0.2, 0) is 14.3 Å². The molecule has 0 aromatic rings. The van der Waals surface area contributed by atoms with Gasteiger partial charge in [-0.1, -0.05) is 6.92 Å². The minimum atomic E-state index is -0.600. The number of carbonyl (C=O) groups excluding carboxylic acids is 2. The van der Waals surface area contributed by atoms with Crippen molar-refractivity contribution in [3.63, 3.8) is 0 Å². The SMILES string of the molecule is CCCN1CCC(OC(=O)CNC(=O)OC(C)(C)C)CC1. The summed E-state index contributed by atoms with van der Waals surface area (Å²) in [7, 11) is 0. The molecule has 1 N–H and O–H groups in total. The first-order valence-corrected chi connectivity index (χ1v) is 7.69. The Hall–Kier alpha value is -1.30. The Morgan fingerprint density at radius 2 is 1.86 bits per heavy atom. The van der Waals surface area contributed by atoms with E-state index in [2.05, 4.69) is 17.1 Å². The summed E-state index contributed by atoms with van der Waals surface area (Å²) in [4.78, 5) is 25.5. The Labute approximate surface area is 127 Å². The van der Waals surface area contributed by atoms with Gasteiger partial charge in [-0.25, -0.2) is 4.79 Å². The summed E-state index contributed by atoms with van der Waals surface area (Å²) >= 11 is 0. The molecule has 0 bridgehead atoms. The van der Waals surface area contributed by atoms with Crippen LogP contribution in [0.25, 0.3) is 0 Å². The van der Waals surface area contributed by atoms with Crippen LogP contribution in [0, 0.1) is 0 Å². The predicted molar refractivity (Wildman–Crippen MR) is 80.1 cm³/mol. The summed E-state index contributed by atoms with van der Waals surface area (Å²) in [5, 5.41) is 2.41. The second-order valence-corrected chi connectivity index (χ2v) is 6.39. The highest BCUT2D eigenvalue weighted by molar-refractivity contribution is 5.78. The number of carbonyl (C=O) groups is 2. The van der Waals surface area contributed by atoms with Crippen molar-refractivity contribution in [1.82, 2.24) is 10.2 Å². The lowest BCUT2D eigenvalue weighted by Gasteiger charge is -2.31. The number of hydrogen-bond acceptors (Lipinski definition) is 5. The van der Waals surface area contributed by atoms with Gasteiger partial charge < -0.3 is 19.7 Å². The molecule has 1 heterocycles. The minimum Gasteiger partial charge on any atom is -0.461 e. The molecule has 0 unspecified atom stereocenters. The highest BCUT2D eigenvalue weighted by Crippen LogP contribution is 2.14. The molecule has 0 radical (unpaired) electrons. The fourth-order valence-electron chi connectivity index (χ4n) is 2.25. The van der Waals surface area contributed by atoms with Gasteiger partial charge in [-0.2, -0.15) is 0 Å². The van der Waals surface area contributed by atoms with Gasteiger partial charge in [-0.15, -0.1) is 0 Å². The zero-order valence-corrected chi connectivity index (χ0v) is 13.6. The van der Waals surface area contributed by atoms with Crippen molar-refractivity contribution in [3.8, 4) is 0 Å². The van der Waals surface area contributed by atoms with Gasteiger partial charge in [0.15, 0.2) is 0 Å². The molecular weight excluding hydrogens is 272 g/mol. The molecule has 122 valence electrons. The summed E-state index contributed by atoms with van der Waals surface area (Å²) < 4.78 is 10.4. The van der Waals surface area contributed by atoms with Gasteiger partial charge in [0.05, 0.1) is 0 Å². The van der Waals surface area contributed by atoms with E-state index in [4.69, 9.17) is 9.47 Å². The van der Waals surface area contributed by atoms with Crippen LogP contribution in [0.2, 0.25) is 0 Å². The van der Waals surface area contributed by atoms with Gasteiger partial charge in [0.2, 0.25) is 0 Å². The average molecular weight is 300 g/mol. The smallest absolute Gasteiger partial charge is 0.408 e. The Morgan fingerprint density at radius 3 is 2.38 bits per heavy atom. The van der Waals surface area contributed by atoms with Gasteiger partial charge in [0, 0.05) is 13.1 Å². The molecule has 1 saturated heterocycles. The second kappa shape index (κ2) is 8.22. The van der Waals surface area contributed by atoms with E-state index >= 15 is 0 Å². The summed E-state index contributed by atoms with van der Waals surface area (Å²) in [5.74, 6) is -0.408. The Kier molecular flexibility index (Phi) is 6.95. The third kappa shape index (κ3) is 7.90. The maximum atomic E-state index is 11.7. The van der Waals surface area contributed by atoms with Crippen LogP contribution in [0.1, 0.15) is 47.0 Å². The molecule has 1 fully saturated rings. The molecular formula is C15H28N2O4. The highest BCUT2D eigenvalue weighted by Gasteiger charge is 2.22. The van der Waals surface area contributed by atoms with Crippen LogP contribution < -0.4 is 5.32 Å². The third-order valence-corrected chi connectivity index (χ3v) is 3.15. The number of alkyl carbamates (subject to hydrolysis) is 1. The Bertz CT molecular complexity index is 344. The van der Waals surface area contributed by atoms with E-state index in [-0.39, 0.29) is 12.6 Å². The third-order valence-electron chi connectivity index (χ3n) is 3.15. The van der Waals surface area contributed by atoms with Crippen molar-refractivity contribution >= 4 is 12.1 Å². The molecule has 0 aromatic carbocycles. The van der Waals surface area contributed by atoms with E-state index in [1.807, 2.05) is 0 Å². The van der Waals surface area contributed by atoms with Gasteiger partial charge in [0.25, 0.3) is 0 Å². The van der Waals surface area contributed by atoms with Crippen molar-refractivity contribution in [1.29, 1.82) is 0 Å². The number of piperidine rings is 1. The number of likely N-dealkylation sites (tertiary alicyclic amines) is 1. The van der Waals surface area contributed by atoms with Gasteiger partial charge in [-0.3, -0.25) is 4.79 Å². The van der Waals surface area contributed by atoms with Crippen molar-refractivity contribution < 1.29 is 19.1 Å². The molecule has 0 spiro atoms. The quantitative estimate of drug-likeness (QED) is 0.786. The second-order valence-electron chi connectivity index (χ2n) is 6.39. The maximum Gasteiger partial charge on any atom is 0.408 e. The molecule has 1 amide bonds. The van der Waals surface area contributed by atoms with Crippen LogP contribution in [0.15, 0.2) is 0 Å². The zero-order valence-electron chi connectivity index (χ0n) is 13.6. The molecule has 0 saturated carbocycles. The van der Waals surface area contributed by atoms with Crippen molar-refractivity contribution in [2.45, 2.75) is 58.7 Å². The molecule has 0 aromatic heterocycles. The van der Waals surface area contributed by atoms with E-state index in [1.54, 1.807) is 20.8 Å². The molecule has 6 nitrogen and oxygen atoms in total. The highest BCUT2D eigenvalue weighted by atomic mass is 16.6. The lowest BCUT2D eigenvalue weighted by molar-refractivity contribution is -0.150. The van der Waals surface area contributed by atoms with E-state index in [1.165, 1.54) is 0 Å². The maximum absolute atomic E-state index is 11.7. The van der Waals surface area contributed by atoms with E-state index in [9.17, 15) is 9.59 Å². The fourth-order valence-corrected chi connectivity index (χ4v) is 2.25. The number of hydrogen-bond donors (Lipinski definition) is 1. The molecule has 1 rings (SSSR count). The molecule has 1 aliphatic rings. The van der Waals surface area contributed by atoms with E-state index in [0.717, 1.165) is 38.9 Å². The first-order valence-electron chi connectivity index (χ1n) is 7.69. The normalized spacial score (nSPS) is 17.3. The van der Waals surface area contributed by atoms with Crippen molar-refractivity contribution in [2.75, 3.05) is 26.2 Å². The summed E-state index contributed by atoms with van der Waals surface area (Å²) in [6.45, 7) is 10.4. The average Bonchev–Trinajstić information content (AvgIpc) is 2.37. The minimum absolute atomic E-state index is 0.0361.